The summed E-state index contributed by atoms with van der Waals surface area (Å²) in [6.07, 6.45) is 1.81. The molecule has 3 heterocycles. The summed E-state index contributed by atoms with van der Waals surface area (Å²) in [6.45, 7) is 18.7. The predicted molar refractivity (Wildman–Crippen MR) is 270 cm³/mol. The third-order valence-electron chi connectivity index (χ3n) is 17.5. The molecule has 77 heavy (non-hydrogen) atoms. The molecule has 0 radical (unpaired) electrons. The van der Waals surface area contributed by atoms with Crippen LogP contribution in [-0.2, 0) is 92.3 Å². The lowest BCUT2D eigenvalue weighted by molar-refractivity contribution is -0.362. The zero-order valence-corrected chi connectivity index (χ0v) is 47.1. The van der Waals surface area contributed by atoms with Crippen LogP contribution in [0.15, 0.2) is 17.8 Å². The number of hydrogen-bond acceptors (Lipinski definition) is 20. The van der Waals surface area contributed by atoms with E-state index >= 15 is 0 Å². The third kappa shape index (κ3) is 14.1. The molecule has 0 amide bonds. The molecule has 0 spiro atoms. The highest BCUT2D eigenvalue weighted by molar-refractivity contribution is 5.69. The van der Waals surface area contributed by atoms with Crippen LogP contribution in [0, 0.1) is 46.3 Å². The van der Waals surface area contributed by atoms with Gasteiger partial charge in [-0.05, 0) is 97.7 Å². The summed E-state index contributed by atoms with van der Waals surface area (Å²) in [5.74, 6) is -1.36. The minimum Gasteiger partial charge on any atom is -0.463 e. The Bertz CT molecular complexity index is 2320. The fourth-order valence-corrected chi connectivity index (χ4v) is 14.2. The molecule has 6 aliphatic rings. The van der Waals surface area contributed by atoms with E-state index in [4.69, 9.17) is 52.1 Å². The van der Waals surface area contributed by atoms with Crippen molar-refractivity contribution in [3.05, 3.63) is 23.5 Å². The number of rotatable bonds is 20. The van der Waals surface area contributed by atoms with E-state index in [0.717, 1.165) is 97.8 Å². The minimum absolute atomic E-state index is 0.0683. The summed E-state index contributed by atoms with van der Waals surface area (Å²) in [7, 11) is 0. The Labute approximate surface area is 452 Å². The van der Waals surface area contributed by atoms with Crippen LogP contribution in [0.5, 0.6) is 0 Å². The van der Waals surface area contributed by atoms with Crippen molar-refractivity contribution in [2.45, 2.75) is 228 Å². The van der Waals surface area contributed by atoms with Crippen LogP contribution in [0.3, 0.4) is 0 Å². The first-order valence-electron chi connectivity index (χ1n) is 27.7. The van der Waals surface area contributed by atoms with Gasteiger partial charge >= 0.3 is 41.8 Å². The number of aromatic nitrogens is 3. The van der Waals surface area contributed by atoms with E-state index in [9.17, 15) is 33.6 Å². The van der Waals surface area contributed by atoms with Gasteiger partial charge in [0, 0.05) is 48.5 Å². The van der Waals surface area contributed by atoms with Gasteiger partial charge in [-0.25, -0.2) is 4.68 Å². The highest BCUT2D eigenvalue weighted by atomic mass is 16.8. The van der Waals surface area contributed by atoms with Gasteiger partial charge in [-0.15, -0.1) is 5.10 Å². The zero-order valence-electron chi connectivity index (χ0n) is 47.1. The van der Waals surface area contributed by atoms with Crippen molar-refractivity contribution in [3.63, 3.8) is 0 Å². The van der Waals surface area contributed by atoms with E-state index in [2.05, 4.69) is 51.0 Å². The lowest BCUT2D eigenvalue weighted by atomic mass is 9.47. The quantitative estimate of drug-likeness (QED) is 0.0724. The Balaban J connectivity index is 1.09. The molecule has 21 nitrogen and oxygen atoms in total. The molecule has 430 valence electrons. The Morgan fingerprint density at radius 2 is 1.21 bits per heavy atom. The number of fused-ring (bicyclic) bond motifs is 5. The van der Waals surface area contributed by atoms with Crippen LogP contribution in [0.2, 0.25) is 0 Å². The topological polar surface area (TPSA) is 252 Å². The first-order chi connectivity index (χ1) is 36.4. The molecule has 21 heteroatoms. The zero-order chi connectivity index (χ0) is 56.1. The molecule has 2 aliphatic heterocycles. The number of hydrogen-bond donors (Lipinski definition) is 0. The summed E-state index contributed by atoms with van der Waals surface area (Å²) in [6, 6.07) is 0.0683. The maximum absolute atomic E-state index is 13.0. The number of esters is 7. The maximum Gasteiger partial charge on any atom is 0.303 e. The predicted octanol–water partition coefficient (Wildman–Crippen LogP) is 7.00. The number of nitrogens with zero attached hydrogens (tertiary/aromatic N) is 3. The SMILES string of the molecule is CC(=O)OCC1OC(OC2C(COC(C)=O)OC(OCc3cn([C@H]4CC[C@@]5(C)C(=CC[C@H]6[C@@H]7CC[C@H]([C@H](C)CCCC(C)C)[C@@]7(C)CC[C@@H]65)C4)nn3)C(OC(C)=O)C2OC(C)=O)C(OC(C)=O)C(OC(C)=O)C1OC(C)=O. The van der Waals surface area contributed by atoms with Gasteiger partial charge in [0.2, 0.25) is 0 Å². The normalized spacial score (nSPS) is 35.9. The number of ether oxygens (including phenoxy) is 11. The monoisotopic (exact) mass is 1090 g/mol. The largest absolute Gasteiger partial charge is 0.463 e. The van der Waals surface area contributed by atoms with Crippen molar-refractivity contribution in [1.29, 1.82) is 0 Å². The van der Waals surface area contributed by atoms with Crippen molar-refractivity contribution < 1.29 is 85.7 Å². The van der Waals surface area contributed by atoms with E-state index in [-0.39, 0.29) is 18.1 Å². The highest BCUT2D eigenvalue weighted by Gasteiger charge is 2.60. The van der Waals surface area contributed by atoms with Crippen molar-refractivity contribution in [3.8, 4) is 0 Å². The second-order valence-electron chi connectivity index (χ2n) is 23.3. The Morgan fingerprint density at radius 3 is 1.81 bits per heavy atom. The Hall–Kier alpha value is -4.99. The molecule has 1 aromatic rings. The highest BCUT2D eigenvalue weighted by Crippen LogP contribution is 2.68. The molecule has 18 atom stereocenters. The summed E-state index contributed by atoms with van der Waals surface area (Å²) in [4.78, 5) is 87.8. The molecular formula is C56H83N3O18. The summed E-state index contributed by atoms with van der Waals surface area (Å²) >= 11 is 0. The molecule has 4 aliphatic carbocycles. The standard InChI is InChI=1S/C56H83N3O18/c1-29(2)14-13-15-30(3)42-18-19-43-41-17-16-38-24-40(20-22-55(38,11)44(41)21-23-56(42,43)12)59-25-39(57-58-59)26-69-53-51(73-36(9)65)50(72-35(8)64)48(46(75-53)28-68-32(5)61)77-54-52(74-37(10)66)49(71-34(7)63)47(70-33(6)62)45(76-54)27-67-31(4)60/h16,25,29-30,40-54H,13-15,17-24,26-28H2,1-12H3/t30-,40+,41+,42-,43+,44+,45?,46?,47?,48?,49?,50?,51?,52?,53?,54?,55+,56-/m1/s1. The number of carbonyl (C=O) groups is 7. The second kappa shape index (κ2) is 25.4. The molecule has 2 saturated heterocycles. The van der Waals surface area contributed by atoms with Gasteiger partial charge in [-0.3, -0.25) is 33.6 Å². The van der Waals surface area contributed by atoms with Crippen molar-refractivity contribution >= 4 is 41.8 Å². The van der Waals surface area contributed by atoms with E-state index in [1.807, 2.05) is 10.9 Å². The molecule has 3 saturated carbocycles. The van der Waals surface area contributed by atoms with Crippen LogP contribution in [0.1, 0.15) is 165 Å². The van der Waals surface area contributed by atoms with Crippen molar-refractivity contribution in [2.24, 2.45) is 46.3 Å². The first-order valence-corrected chi connectivity index (χ1v) is 27.7. The molecule has 5 fully saturated rings. The van der Waals surface area contributed by atoms with Gasteiger partial charge in [-0.2, -0.15) is 0 Å². The van der Waals surface area contributed by atoms with E-state index in [1.165, 1.54) is 50.5 Å². The van der Waals surface area contributed by atoms with Crippen LogP contribution < -0.4 is 0 Å². The molecule has 7 rings (SSSR count). The van der Waals surface area contributed by atoms with Gasteiger partial charge in [0.1, 0.15) is 37.2 Å². The van der Waals surface area contributed by atoms with E-state index in [1.54, 1.807) is 0 Å². The van der Waals surface area contributed by atoms with E-state index < -0.39 is 116 Å². The fourth-order valence-electron chi connectivity index (χ4n) is 14.2. The fraction of sp³-hybridized carbons (Fsp3) is 0.804. The molecule has 0 aromatic carbocycles. The lowest BCUT2D eigenvalue weighted by Gasteiger charge is -2.58. The Kier molecular flexibility index (Phi) is 19.7. The molecular weight excluding hydrogens is 1000 g/mol. The second-order valence-corrected chi connectivity index (χ2v) is 23.3. The molecule has 10 unspecified atom stereocenters. The van der Waals surface area contributed by atoms with Gasteiger partial charge in [-0.1, -0.05) is 70.7 Å². The third-order valence-corrected chi connectivity index (χ3v) is 17.5. The summed E-state index contributed by atoms with van der Waals surface area (Å²) in [5, 5.41) is 9.03. The van der Waals surface area contributed by atoms with Gasteiger partial charge in [0.15, 0.2) is 43.1 Å². The van der Waals surface area contributed by atoms with Crippen molar-refractivity contribution in [1.82, 2.24) is 15.0 Å². The van der Waals surface area contributed by atoms with Gasteiger partial charge in [0.05, 0.1) is 18.8 Å². The van der Waals surface area contributed by atoms with Crippen LogP contribution >= 0.6 is 0 Å². The number of carbonyl (C=O) groups excluding carboxylic acids is 7. The number of allylic oxidation sites excluding steroid dienone is 2. The first kappa shape index (κ1) is 59.7. The lowest BCUT2D eigenvalue weighted by Crippen LogP contribution is -2.67. The van der Waals surface area contributed by atoms with Gasteiger partial charge in [0.25, 0.3) is 0 Å². The molecule has 0 N–H and O–H groups in total. The molecule has 1 aromatic heterocycles. The average molecular weight is 1090 g/mol. The minimum atomic E-state index is -1.81. The van der Waals surface area contributed by atoms with Crippen LogP contribution in [0.25, 0.3) is 0 Å². The smallest absolute Gasteiger partial charge is 0.303 e. The van der Waals surface area contributed by atoms with Gasteiger partial charge < -0.3 is 52.1 Å². The summed E-state index contributed by atoms with van der Waals surface area (Å²) in [5.41, 5.74) is 2.48. The van der Waals surface area contributed by atoms with Crippen molar-refractivity contribution in [2.75, 3.05) is 13.2 Å². The molecule has 0 bridgehead atoms. The van der Waals surface area contributed by atoms with E-state index in [0.29, 0.717) is 22.9 Å². The van der Waals surface area contributed by atoms with Crippen LogP contribution in [0.4, 0.5) is 0 Å². The summed E-state index contributed by atoms with van der Waals surface area (Å²) < 4.78 is 66.2. The van der Waals surface area contributed by atoms with Crippen LogP contribution in [-0.4, -0.2) is 131 Å². The Morgan fingerprint density at radius 1 is 0.649 bits per heavy atom. The maximum atomic E-state index is 13.0. The average Bonchev–Trinajstić information content (AvgIpc) is 4.05.